The number of para-hydroxylation sites is 1. The van der Waals surface area contributed by atoms with E-state index in [1.807, 2.05) is 0 Å². The number of nitrogens with zero attached hydrogens (tertiary/aromatic N) is 1. The molecule has 2 aromatic carbocycles. The molecule has 0 aliphatic heterocycles. The van der Waals surface area contributed by atoms with E-state index in [2.05, 4.69) is 4.98 Å². The Bertz CT molecular complexity index is 909. The van der Waals surface area contributed by atoms with E-state index >= 15 is 0 Å². The fourth-order valence-electron chi connectivity index (χ4n) is 2.21. The van der Waals surface area contributed by atoms with Crippen LogP contribution >= 0.6 is 34.8 Å². The molecule has 0 fully saturated rings. The van der Waals surface area contributed by atoms with Crippen molar-refractivity contribution in [3.63, 3.8) is 0 Å². The standard InChI is InChI=1S/C16H8Cl3NO2/c17-11-6-5-9(14(18)15(11)19)13-7-10(16(21)22)8-3-1-2-4-12(8)20-13/h1-7H,(H,21,22). The summed E-state index contributed by atoms with van der Waals surface area (Å²) < 4.78 is 0. The second-order valence-corrected chi connectivity index (χ2v) is 5.76. The summed E-state index contributed by atoms with van der Waals surface area (Å²) in [6, 6.07) is 11.8. The van der Waals surface area contributed by atoms with Crippen LogP contribution in [0.5, 0.6) is 0 Å². The first kappa shape index (κ1) is 15.1. The second kappa shape index (κ2) is 5.76. The number of hydrogen-bond donors (Lipinski definition) is 1. The number of benzene rings is 2. The molecule has 1 aromatic heterocycles. The highest BCUT2D eigenvalue weighted by atomic mass is 35.5. The van der Waals surface area contributed by atoms with Gasteiger partial charge in [-0.2, -0.15) is 0 Å². The molecule has 0 saturated carbocycles. The van der Waals surface area contributed by atoms with Gasteiger partial charge in [0.25, 0.3) is 0 Å². The van der Waals surface area contributed by atoms with Crippen molar-refractivity contribution in [2.75, 3.05) is 0 Å². The SMILES string of the molecule is O=C(O)c1cc(-c2ccc(Cl)c(Cl)c2Cl)nc2ccccc12. The number of fused-ring (bicyclic) bond motifs is 1. The molecule has 0 atom stereocenters. The Kier molecular flexibility index (Phi) is 3.96. The van der Waals surface area contributed by atoms with Gasteiger partial charge < -0.3 is 5.11 Å². The number of halogens is 3. The fraction of sp³-hybridized carbons (Fsp3) is 0. The van der Waals surface area contributed by atoms with Gasteiger partial charge in [0, 0.05) is 10.9 Å². The normalized spacial score (nSPS) is 10.9. The van der Waals surface area contributed by atoms with Gasteiger partial charge in [0.2, 0.25) is 0 Å². The van der Waals surface area contributed by atoms with E-state index in [-0.39, 0.29) is 15.6 Å². The zero-order valence-corrected chi connectivity index (χ0v) is 13.2. The Morgan fingerprint density at radius 3 is 2.45 bits per heavy atom. The van der Waals surface area contributed by atoms with Crippen LogP contribution in [0.3, 0.4) is 0 Å². The Balaban J connectivity index is 2.33. The van der Waals surface area contributed by atoms with Crippen LogP contribution in [0.2, 0.25) is 15.1 Å². The van der Waals surface area contributed by atoms with E-state index in [1.165, 1.54) is 6.07 Å². The van der Waals surface area contributed by atoms with Crippen molar-refractivity contribution in [3.8, 4) is 11.3 Å². The highest BCUT2D eigenvalue weighted by molar-refractivity contribution is 6.49. The number of hydrogen-bond acceptors (Lipinski definition) is 2. The number of carbonyl (C=O) groups is 1. The molecule has 0 radical (unpaired) electrons. The molecule has 3 nitrogen and oxygen atoms in total. The predicted molar refractivity (Wildman–Crippen MR) is 89.2 cm³/mol. The summed E-state index contributed by atoms with van der Waals surface area (Å²) in [7, 11) is 0. The van der Waals surface area contributed by atoms with Crippen molar-refractivity contribution >= 4 is 51.7 Å². The van der Waals surface area contributed by atoms with Crippen LogP contribution < -0.4 is 0 Å². The van der Waals surface area contributed by atoms with Crippen molar-refractivity contribution in [1.82, 2.24) is 4.98 Å². The van der Waals surface area contributed by atoms with Gasteiger partial charge in [-0.25, -0.2) is 9.78 Å². The first-order valence-electron chi connectivity index (χ1n) is 6.26. The van der Waals surface area contributed by atoms with Gasteiger partial charge in [-0.15, -0.1) is 0 Å². The topological polar surface area (TPSA) is 50.2 Å². The molecule has 0 unspecified atom stereocenters. The molecule has 3 rings (SSSR count). The van der Waals surface area contributed by atoms with Crippen LogP contribution in [0, 0.1) is 0 Å². The zero-order chi connectivity index (χ0) is 15.9. The third-order valence-electron chi connectivity index (χ3n) is 3.26. The quantitative estimate of drug-likeness (QED) is 0.614. The summed E-state index contributed by atoms with van der Waals surface area (Å²) in [5, 5.41) is 10.8. The van der Waals surface area contributed by atoms with E-state index < -0.39 is 5.97 Å². The molecule has 0 spiro atoms. The van der Waals surface area contributed by atoms with Crippen LogP contribution in [-0.2, 0) is 0 Å². The highest BCUT2D eigenvalue weighted by Crippen LogP contribution is 2.38. The molecule has 6 heteroatoms. The van der Waals surface area contributed by atoms with Gasteiger partial charge in [0.05, 0.1) is 31.8 Å². The van der Waals surface area contributed by atoms with E-state index in [1.54, 1.807) is 36.4 Å². The lowest BCUT2D eigenvalue weighted by Crippen LogP contribution is -2.00. The lowest BCUT2D eigenvalue weighted by atomic mass is 10.0. The van der Waals surface area contributed by atoms with Crippen LogP contribution in [0.1, 0.15) is 10.4 Å². The van der Waals surface area contributed by atoms with Gasteiger partial charge in [-0.3, -0.25) is 0 Å². The van der Waals surface area contributed by atoms with Crippen molar-refractivity contribution in [1.29, 1.82) is 0 Å². The van der Waals surface area contributed by atoms with E-state index in [4.69, 9.17) is 34.8 Å². The maximum atomic E-state index is 11.5. The number of aromatic nitrogens is 1. The van der Waals surface area contributed by atoms with Crippen molar-refractivity contribution < 1.29 is 9.90 Å². The minimum atomic E-state index is -1.03. The molecule has 1 N–H and O–H groups in total. The minimum Gasteiger partial charge on any atom is -0.478 e. The highest BCUT2D eigenvalue weighted by Gasteiger charge is 2.16. The molecule has 3 aromatic rings. The summed E-state index contributed by atoms with van der Waals surface area (Å²) in [6.45, 7) is 0. The van der Waals surface area contributed by atoms with Gasteiger partial charge in [-0.05, 0) is 24.3 Å². The first-order valence-corrected chi connectivity index (χ1v) is 7.39. The lowest BCUT2D eigenvalue weighted by molar-refractivity contribution is 0.0699. The van der Waals surface area contributed by atoms with Crippen LogP contribution in [-0.4, -0.2) is 16.1 Å². The number of carboxylic acid groups (broad SMARTS) is 1. The minimum absolute atomic E-state index is 0.155. The molecular formula is C16H8Cl3NO2. The molecule has 110 valence electrons. The predicted octanol–water partition coefficient (Wildman–Crippen LogP) is 5.56. The van der Waals surface area contributed by atoms with Crippen LogP contribution in [0.15, 0.2) is 42.5 Å². The van der Waals surface area contributed by atoms with E-state index in [0.29, 0.717) is 27.2 Å². The number of aromatic carboxylic acids is 1. The van der Waals surface area contributed by atoms with Crippen molar-refractivity contribution in [3.05, 3.63) is 63.1 Å². The van der Waals surface area contributed by atoms with Gasteiger partial charge in [0.15, 0.2) is 0 Å². The Morgan fingerprint density at radius 2 is 1.73 bits per heavy atom. The molecule has 0 saturated heterocycles. The summed E-state index contributed by atoms with van der Waals surface area (Å²) in [5.74, 6) is -1.03. The summed E-state index contributed by atoms with van der Waals surface area (Å²) in [6.07, 6.45) is 0. The summed E-state index contributed by atoms with van der Waals surface area (Å²) in [5.41, 5.74) is 1.69. The summed E-state index contributed by atoms with van der Waals surface area (Å²) in [4.78, 5) is 16.0. The number of rotatable bonds is 2. The number of carboxylic acids is 1. The van der Waals surface area contributed by atoms with Crippen molar-refractivity contribution in [2.45, 2.75) is 0 Å². The zero-order valence-electron chi connectivity index (χ0n) is 11.0. The van der Waals surface area contributed by atoms with Gasteiger partial charge in [-0.1, -0.05) is 53.0 Å². The Hall–Kier alpha value is -1.81. The molecule has 22 heavy (non-hydrogen) atoms. The molecule has 0 aliphatic rings. The fourth-order valence-corrected chi connectivity index (χ4v) is 2.85. The van der Waals surface area contributed by atoms with Gasteiger partial charge >= 0.3 is 5.97 Å². The molecule has 0 bridgehead atoms. The van der Waals surface area contributed by atoms with E-state index in [0.717, 1.165) is 0 Å². The smallest absolute Gasteiger partial charge is 0.336 e. The first-order chi connectivity index (χ1) is 10.5. The van der Waals surface area contributed by atoms with Crippen LogP contribution in [0.25, 0.3) is 22.2 Å². The Labute approximate surface area is 141 Å². The van der Waals surface area contributed by atoms with E-state index in [9.17, 15) is 9.90 Å². The third kappa shape index (κ3) is 2.52. The molecular weight excluding hydrogens is 345 g/mol. The molecule has 0 amide bonds. The third-order valence-corrected chi connectivity index (χ3v) is 4.55. The Morgan fingerprint density at radius 1 is 1.00 bits per heavy atom. The van der Waals surface area contributed by atoms with Crippen LogP contribution in [0.4, 0.5) is 0 Å². The monoisotopic (exact) mass is 351 g/mol. The average Bonchev–Trinajstić information content (AvgIpc) is 2.51. The largest absolute Gasteiger partial charge is 0.478 e. The maximum absolute atomic E-state index is 11.5. The lowest BCUT2D eigenvalue weighted by Gasteiger charge is -2.10. The molecule has 1 heterocycles. The maximum Gasteiger partial charge on any atom is 0.336 e. The number of pyridine rings is 1. The average molecular weight is 353 g/mol. The molecule has 0 aliphatic carbocycles. The van der Waals surface area contributed by atoms with Crippen molar-refractivity contribution in [2.24, 2.45) is 0 Å². The summed E-state index contributed by atoms with van der Waals surface area (Å²) >= 11 is 18.2. The van der Waals surface area contributed by atoms with Gasteiger partial charge in [0.1, 0.15) is 0 Å². The second-order valence-electron chi connectivity index (χ2n) is 4.60.